The Balaban J connectivity index is 1.91. The van der Waals surface area contributed by atoms with Crippen molar-refractivity contribution in [2.45, 2.75) is 20.8 Å². The van der Waals surface area contributed by atoms with Crippen molar-refractivity contribution >= 4 is 27.7 Å². The van der Waals surface area contributed by atoms with Crippen molar-refractivity contribution in [1.82, 2.24) is 15.2 Å². The molecule has 4 nitrogen and oxygen atoms in total. The van der Waals surface area contributed by atoms with E-state index in [4.69, 9.17) is 4.98 Å². The van der Waals surface area contributed by atoms with Gasteiger partial charge in [0, 0.05) is 23.9 Å². The monoisotopic (exact) mass is 335 g/mol. The molecule has 1 heterocycles. The van der Waals surface area contributed by atoms with Crippen molar-refractivity contribution in [3.8, 4) is 0 Å². The smallest absolute Gasteiger partial charge is 0.253 e. The van der Waals surface area contributed by atoms with E-state index in [-0.39, 0.29) is 5.91 Å². The minimum atomic E-state index is -0.0556. The second kappa shape index (κ2) is 7.62. The van der Waals surface area contributed by atoms with Gasteiger partial charge in [0.25, 0.3) is 5.91 Å². The first-order chi connectivity index (χ1) is 12.1. The third-order valence-corrected chi connectivity index (χ3v) is 4.76. The number of hydrogen-bond donors (Lipinski definition) is 1. The Morgan fingerprint density at radius 3 is 2.64 bits per heavy atom. The molecular formula is C21H25N3O. The van der Waals surface area contributed by atoms with Gasteiger partial charge in [0.15, 0.2) is 0 Å². The predicted molar refractivity (Wildman–Crippen MR) is 104 cm³/mol. The van der Waals surface area contributed by atoms with Gasteiger partial charge in [0.2, 0.25) is 0 Å². The molecule has 0 aliphatic carbocycles. The summed E-state index contributed by atoms with van der Waals surface area (Å²) in [6.07, 6.45) is 0. The number of para-hydroxylation sites is 1. The molecule has 3 aromatic rings. The van der Waals surface area contributed by atoms with Gasteiger partial charge in [0.05, 0.1) is 16.6 Å². The van der Waals surface area contributed by atoms with E-state index in [2.05, 4.69) is 43.1 Å². The number of likely N-dealkylation sites (N-methyl/N-ethyl adjacent to an activating group) is 1. The summed E-state index contributed by atoms with van der Waals surface area (Å²) in [5, 5.41) is 5.17. The maximum absolute atomic E-state index is 12.7. The van der Waals surface area contributed by atoms with Gasteiger partial charge < -0.3 is 10.2 Å². The Kier molecular flexibility index (Phi) is 5.29. The van der Waals surface area contributed by atoms with E-state index in [0.29, 0.717) is 12.1 Å². The van der Waals surface area contributed by atoms with E-state index in [0.717, 1.165) is 47.0 Å². The van der Waals surface area contributed by atoms with Crippen LogP contribution in [0.1, 0.15) is 29.8 Å². The van der Waals surface area contributed by atoms with Crippen molar-refractivity contribution in [2.24, 2.45) is 0 Å². The van der Waals surface area contributed by atoms with E-state index < -0.39 is 0 Å². The molecule has 0 saturated carbocycles. The minimum absolute atomic E-state index is 0.0556. The molecule has 0 spiro atoms. The molecule has 0 aliphatic heterocycles. The first kappa shape index (κ1) is 17.4. The average Bonchev–Trinajstić information content (AvgIpc) is 2.64. The summed E-state index contributed by atoms with van der Waals surface area (Å²) in [5.41, 5.74) is 3.47. The van der Waals surface area contributed by atoms with Crippen LogP contribution in [0.2, 0.25) is 0 Å². The maximum Gasteiger partial charge on any atom is 0.253 e. The van der Waals surface area contributed by atoms with Crippen LogP contribution in [0, 0.1) is 6.92 Å². The molecule has 0 atom stereocenters. The fourth-order valence-corrected chi connectivity index (χ4v) is 3.14. The van der Waals surface area contributed by atoms with Crippen LogP contribution in [-0.2, 0) is 0 Å². The summed E-state index contributed by atoms with van der Waals surface area (Å²) < 4.78 is 0. The van der Waals surface area contributed by atoms with E-state index >= 15 is 0 Å². The SMILES string of the molecule is CCN(CC)CCNC(=O)c1ccc(C)c2cc3ccccc3nc12. The number of carbonyl (C=O) groups is 1. The number of aromatic nitrogens is 1. The van der Waals surface area contributed by atoms with Crippen LogP contribution < -0.4 is 5.32 Å². The number of rotatable bonds is 6. The van der Waals surface area contributed by atoms with Crippen molar-refractivity contribution in [3.05, 3.63) is 53.6 Å². The van der Waals surface area contributed by atoms with Gasteiger partial charge in [-0.2, -0.15) is 0 Å². The van der Waals surface area contributed by atoms with Gasteiger partial charge in [-0.05, 0) is 43.8 Å². The summed E-state index contributed by atoms with van der Waals surface area (Å²) in [6, 6.07) is 14.0. The van der Waals surface area contributed by atoms with E-state index in [1.54, 1.807) is 0 Å². The van der Waals surface area contributed by atoms with Crippen LogP contribution in [0.15, 0.2) is 42.5 Å². The molecule has 0 bridgehead atoms. The van der Waals surface area contributed by atoms with Gasteiger partial charge in [-0.3, -0.25) is 4.79 Å². The van der Waals surface area contributed by atoms with E-state index in [9.17, 15) is 4.79 Å². The van der Waals surface area contributed by atoms with Gasteiger partial charge in [-0.25, -0.2) is 4.98 Å². The first-order valence-corrected chi connectivity index (χ1v) is 8.93. The molecule has 3 rings (SSSR count). The average molecular weight is 335 g/mol. The number of fused-ring (bicyclic) bond motifs is 2. The second-order valence-corrected chi connectivity index (χ2v) is 6.29. The number of benzene rings is 2. The van der Waals surface area contributed by atoms with E-state index in [1.807, 2.05) is 30.3 Å². The van der Waals surface area contributed by atoms with Crippen molar-refractivity contribution in [1.29, 1.82) is 0 Å². The Bertz CT molecular complexity index is 900. The number of amides is 1. The lowest BCUT2D eigenvalue weighted by atomic mass is 10.0. The van der Waals surface area contributed by atoms with Crippen LogP contribution in [0.25, 0.3) is 21.8 Å². The predicted octanol–water partition coefficient (Wildman–Crippen LogP) is 3.77. The van der Waals surface area contributed by atoms with Gasteiger partial charge in [-0.1, -0.05) is 38.1 Å². The van der Waals surface area contributed by atoms with Crippen molar-refractivity contribution in [3.63, 3.8) is 0 Å². The third kappa shape index (κ3) is 3.64. The fraction of sp³-hybridized carbons (Fsp3) is 0.333. The summed E-state index contributed by atoms with van der Waals surface area (Å²) >= 11 is 0. The lowest BCUT2D eigenvalue weighted by Gasteiger charge is -2.18. The third-order valence-electron chi connectivity index (χ3n) is 4.76. The molecule has 0 fully saturated rings. The standard InChI is InChI=1S/C21H25N3O/c1-4-24(5-2)13-12-22-21(25)17-11-10-15(3)18-14-16-8-6-7-9-19(16)23-20(17)18/h6-11,14H,4-5,12-13H2,1-3H3,(H,22,25). The molecule has 0 unspecified atom stereocenters. The molecule has 1 amide bonds. The molecular weight excluding hydrogens is 310 g/mol. The number of hydrogen-bond acceptors (Lipinski definition) is 3. The molecule has 4 heteroatoms. The fourth-order valence-electron chi connectivity index (χ4n) is 3.14. The maximum atomic E-state index is 12.7. The summed E-state index contributed by atoms with van der Waals surface area (Å²) in [4.78, 5) is 19.7. The number of carbonyl (C=O) groups excluding carboxylic acids is 1. The van der Waals surface area contributed by atoms with Gasteiger partial charge in [-0.15, -0.1) is 0 Å². The molecule has 2 aromatic carbocycles. The number of pyridine rings is 1. The number of nitrogens with zero attached hydrogens (tertiary/aromatic N) is 2. The number of aryl methyl sites for hydroxylation is 1. The highest BCUT2D eigenvalue weighted by molar-refractivity contribution is 6.08. The zero-order valence-corrected chi connectivity index (χ0v) is 15.2. The summed E-state index contributed by atoms with van der Waals surface area (Å²) in [5.74, 6) is -0.0556. The van der Waals surface area contributed by atoms with Crippen LogP contribution in [0.4, 0.5) is 0 Å². The van der Waals surface area contributed by atoms with E-state index in [1.165, 1.54) is 0 Å². The molecule has 1 aromatic heterocycles. The molecule has 0 radical (unpaired) electrons. The van der Waals surface area contributed by atoms with Crippen LogP contribution >= 0.6 is 0 Å². The molecule has 0 aliphatic rings. The zero-order chi connectivity index (χ0) is 17.8. The quantitative estimate of drug-likeness (QED) is 0.698. The largest absolute Gasteiger partial charge is 0.351 e. The van der Waals surface area contributed by atoms with Crippen molar-refractivity contribution < 1.29 is 4.79 Å². The first-order valence-electron chi connectivity index (χ1n) is 8.93. The molecule has 0 saturated heterocycles. The molecule has 1 N–H and O–H groups in total. The Labute approximate surface area is 148 Å². The van der Waals surface area contributed by atoms with Gasteiger partial charge in [0.1, 0.15) is 0 Å². The topological polar surface area (TPSA) is 45.2 Å². The van der Waals surface area contributed by atoms with Crippen LogP contribution in [-0.4, -0.2) is 42.0 Å². The summed E-state index contributed by atoms with van der Waals surface area (Å²) in [6.45, 7) is 9.81. The molecule has 25 heavy (non-hydrogen) atoms. The highest BCUT2D eigenvalue weighted by Gasteiger charge is 2.13. The lowest BCUT2D eigenvalue weighted by Crippen LogP contribution is -2.34. The highest BCUT2D eigenvalue weighted by atomic mass is 16.1. The van der Waals surface area contributed by atoms with Crippen molar-refractivity contribution in [2.75, 3.05) is 26.2 Å². The lowest BCUT2D eigenvalue weighted by molar-refractivity contribution is 0.0950. The van der Waals surface area contributed by atoms with Crippen LogP contribution in [0.5, 0.6) is 0 Å². The Morgan fingerprint density at radius 2 is 1.88 bits per heavy atom. The zero-order valence-electron chi connectivity index (χ0n) is 15.2. The van der Waals surface area contributed by atoms with Crippen LogP contribution in [0.3, 0.4) is 0 Å². The second-order valence-electron chi connectivity index (χ2n) is 6.29. The Hall–Kier alpha value is -2.46. The van der Waals surface area contributed by atoms with Gasteiger partial charge >= 0.3 is 0 Å². The minimum Gasteiger partial charge on any atom is -0.351 e. The Morgan fingerprint density at radius 1 is 1.12 bits per heavy atom. The normalized spacial score (nSPS) is 11.4. The number of nitrogens with one attached hydrogen (secondary N) is 1. The summed E-state index contributed by atoms with van der Waals surface area (Å²) in [7, 11) is 0. The molecule has 130 valence electrons. The highest BCUT2D eigenvalue weighted by Crippen LogP contribution is 2.25.